The number of hydrogen-bond acceptors (Lipinski definition) is 6. The molecule has 24 heavy (non-hydrogen) atoms. The summed E-state index contributed by atoms with van der Waals surface area (Å²) in [6.45, 7) is 3.45. The molecule has 3 rings (SSSR count). The molecule has 1 aliphatic rings. The molecule has 2 aromatic rings. The molecule has 1 heterocycles. The molecule has 0 amide bonds. The minimum absolute atomic E-state index is 0.294. The molecule has 1 fully saturated rings. The summed E-state index contributed by atoms with van der Waals surface area (Å²) in [5.41, 5.74) is 13.9. The predicted octanol–water partition coefficient (Wildman–Crippen LogP) is 2.32. The number of nitrogens with zero attached hydrogens (tertiary/aromatic N) is 2. The Hall–Kier alpha value is -2.34. The molecule has 128 valence electrons. The zero-order chi connectivity index (χ0) is 16.9. The first kappa shape index (κ1) is 16.5. The highest BCUT2D eigenvalue weighted by Gasteiger charge is 2.29. The van der Waals surface area contributed by atoms with Crippen molar-refractivity contribution in [2.75, 3.05) is 24.2 Å². The van der Waals surface area contributed by atoms with Crippen LogP contribution in [0.3, 0.4) is 0 Å². The first-order chi connectivity index (χ1) is 11.6. The summed E-state index contributed by atoms with van der Waals surface area (Å²) in [4.78, 5) is 8.61. The largest absolute Gasteiger partial charge is 0.494 e. The maximum Gasteiger partial charge on any atom is 0.222 e. The van der Waals surface area contributed by atoms with Gasteiger partial charge in [0.25, 0.3) is 0 Å². The van der Waals surface area contributed by atoms with Crippen LogP contribution in [0.1, 0.15) is 36.9 Å². The summed E-state index contributed by atoms with van der Waals surface area (Å²) in [6.07, 6.45) is 2.85. The smallest absolute Gasteiger partial charge is 0.222 e. The average Bonchev–Trinajstić information content (AvgIpc) is 2.53. The molecule has 0 saturated heterocycles. The Balaban J connectivity index is 1.54. The van der Waals surface area contributed by atoms with E-state index in [1.54, 1.807) is 0 Å². The predicted molar refractivity (Wildman–Crippen MR) is 96.2 cm³/mol. The molecular formula is C18H25N5O. The van der Waals surface area contributed by atoms with Gasteiger partial charge in [0.15, 0.2) is 0 Å². The number of nitrogens with one attached hydrogen (secondary N) is 1. The van der Waals surface area contributed by atoms with Crippen molar-refractivity contribution in [3.63, 3.8) is 0 Å². The van der Waals surface area contributed by atoms with Gasteiger partial charge in [-0.3, -0.25) is 0 Å². The van der Waals surface area contributed by atoms with Crippen LogP contribution in [0.25, 0.3) is 0 Å². The molecule has 1 saturated carbocycles. The van der Waals surface area contributed by atoms with E-state index in [9.17, 15) is 0 Å². The molecule has 1 aromatic carbocycles. The van der Waals surface area contributed by atoms with E-state index in [2.05, 4.69) is 27.4 Å². The molecule has 1 aromatic heterocycles. The zero-order valence-electron chi connectivity index (χ0n) is 14.0. The number of nitrogen functional groups attached to an aromatic ring is 1. The minimum Gasteiger partial charge on any atom is -0.494 e. The van der Waals surface area contributed by atoms with E-state index in [0.29, 0.717) is 24.5 Å². The first-order valence-electron chi connectivity index (χ1n) is 8.49. The maximum atomic E-state index is 5.86. The second-order valence-electron chi connectivity index (χ2n) is 6.22. The Morgan fingerprint density at radius 3 is 2.62 bits per heavy atom. The molecule has 5 N–H and O–H groups in total. The fourth-order valence-electron chi connectivity index (χ4n) is 2.94. The summed E-state index contributed by atoms with van der Waals surface area (Å²) >= 11 is 0. The van der Waals surface area contributed by atoms with Gasteiger partial charge in [-0.05, 0) is 43.9 Å². The van der Waals surface area contributed by atoms with Gasteiger partial charge in [-0.2, -0.15) is 4.98 Å². The van der Waals surface area contributed by atoms with E-state index in [1.807, 2.05) is 25.1 Å². The van der Waals surface area contributed by atoms with Crippen molar-refractivity contribution in [3.8, 4) is 5.75 Å². The first-order valence-corrected chi connectivity index (χ1v) is 8.49. The quantitative estimate of drug-likeness (QED) is 0.722. The van der Waals surface area contributed by atoms with E-state index < -0.39 is 0 Å². The standard InChI is InChI=1S/C18H25N5O/c1-2-24-15-5-3-12(4-6-15)7-8-21-17-11-16(22-18(20)23-17)13-9-14(19)10-13/h3-6,11,13-14H,2,7-10,19H2,1H3,(H3,20,21,22,23). The molecular weight excluding hydrogens is 302 g/mol. The lowest BCUT2D eigenvalue weighted by atomic mass is 9.78. The number of anilines is 2. The van der Waals surface area contributed by atoms with Crippen LogP contribution in [0.5, 0.6) is 5.75 Å². The normalized spacial score (nSPS) is 19.6. The molecule has 6 nitrogen and oxygen atoms in total. The van der Waals surface area contributed by atoms with E-state index in [1.165, 1.54) is 5.56 Å². The minimum atomic E-state index is 0.294. The van der Waals surface area contributed by atoms with E-state index >= 15 is 0 Å². The third-order valence-electron chi connectivity index (χ3n) is 4.31. The number of nitrogens with two attached hydrogens (primary N) is 2. The van der Waals surface area contributed by atoms with Gasteiger partial charge in [0.05, 0.1) is 12.3 Å². The Morgan fingerprint density at radius 2 is 1.96 bits per heavy atom. The number of rotatable bonds is 7. The zero-order valence-corrected chi connectivity index (χ0v) is 14.0. The molecule has 0 radical (unpaired) electrons. The van der Waals surface area contributed by atoms with Gasteiger partial charge in [0, 0.05) is 24.6 Å². The molecule has 0 atom stereocenters. The Morgan fingerprint density at radius 1 is 1.21 bits per heavy atom. The Bertz CT molecular complexity index is 668. The molecule has 0 bridgehead atoms. The number of hydrogen-bond donors (Lipinski definition) is 3. The van der Waals surface area contributed by atoms with Crippen molar-refractivity contribution in [3.05, 3.63) is 41.6 Å². The summed E-state index contributed by atoms with van der Waals surface area (Å²) < 4.78 is 5.45. The summed E-state index contributed by atoms with van der Waals surface area (Å²) in [5.74, 6) is 2.42. The monoisotopic (exact) mass is 327 g/mol. The van der Waals surface area contributed by atoms with Crippen molar-refractivity contribution in [2.24, 2.45) is 5.73 Å². The van der Waals surface area contributed by atoms with Crippen molar-refractivity contribution < 1.29 is 4.74 Å². The number of ether oxygens (including phenoxy) is 1. The van der Waals surface area contributed by atoms with E-state index in [-0.39, 0.29) is 0 Å². The molecule has 0 unspecified atom stereocenters. The van der Waals surface area contributed by atoms with Crippen LogP contribution in [0.15, 0.2) is 30.3 Å². The summed E-state index contributed by atoms with van der Waals surface area (Å²) in [5, 5.41) is 3.33. The highest BCUT2D eigenvalue weighted by molar-refractivity contribution is 5.42. The van der Waals surface area contributed by atoms with Crippen molar-refractivity contribution in [2.45, 2.75) is 38.1 Å². The highest BCUT2D eigenvalue weighted by Crippen LogP contribution is 2.35. The SMILES string of the molecule is CCOc1ccc(CCNc2cc(C3CC(N)C3)nc(N)n2)cc1. The van der Waals surface area contributed by atoms with Gasteiger partial charge in [-0.1, -0.05) is 12.1 Å². The Kier molecular flexibility index (Phi) is 5.15. The van der Waals surface area contributed by atoms with E-state index in [4.69, 9.17) is 16.2 Å². The van der Waals surface area contributed by atoms with Gasteiger partial charge in [0.2, 0.25) is 5.95 Å². The summed E-state index contributed by atoms with van der Waals surface area (Å²) in [6, 6.07) is 10.5. The fourth-order valence-corrected chi connectivity index (χ4v) is 2.94. The molecule has 0 aliphatic heterocycles. The van der Waals surface area contributed by atoms with Gasteiger partial charge in [-0.15, -0.1) is 0 Å². The number of aromatic nitrogens is 2. The third kappa shape index (κ3) is 4.14. The lowest BCUT2D eigenvalue weighted by molar-refractivity contribution is 0.340. The molecule has 0 spiro atoms. The molecule has 1 aliphatic carbocycles. The maximum absolute atomic E-state index is 5.86. The fraction of sp³-hybridized carbons (Fsp3) is 0.444. The second kappa shape index (κ2) is 7.49. The van der Waals surface area contributed by atoms with Gasteiger partial charge in [0.1, 0.15) is 11.6 Å². The lowest BCUT2D eigenvalue weighted by Crippen LogP contribution is -2.35. The second-order valence-corrected chi connectivity index (χ2v) is 6.22. The lowest BCUT2D eigenvalue weighted by Gasteiger charge is -2.32. The summed E-state index contributed by atoms with van der Waals surface area (Å²) in [7, 11) is 0. The van der Waals surface area contributed by atoms with Gasteiger partial charge >= 0.3 is 0 Å². The van der Waals surface area contributed by atoms with Crippen molar-refractivity contribution in [1.82, 2.24) is 9.97 Å². The highest BCUT2D eigenvalue weighted by atomic mass is 16.5. The topological polar surface area (TPSA) is 99.1 Å². The van der Waals surface area contributed by atoms with Crippen LogP contribution in [-0.4, -0.2) is 29.2 Å². The van der Waals surface area contributed by atoms with Crippen LogP contribution in [-0.2, 0) is 6.42 Å². The van der Waals surface area contributed by atoms with Gasteiger partial charge in [-0.25, -0.2) is 4.98 Å². The Labute approximate surface area is 142 Å². The average molecular weight is 327 g/mol. The van der Waals surface area contributed by atoms with Crippen LogP contribution in [0, 0.1) is 0 Å². The van der Waals surface area contributed by atoms with Crippen molar-refractivity contribution >= 4 is 11.8 Å². The third-order valence-corrected chi connectivity index (χ3v) is 4.31. The van der Waals surface area contributed by atoms with E-state index in [0.717, 1.165) is 43.1 Å². The van der Waals surface area contributed by atoms with Crippen LogP contribution >= 0.6 is 0 Å². The van der Waals surface area contributed by atoms with Crippen LogP contribution in [0.2, 0.25) is 0 Å². The van der Waals surface area contributed by atoms with Gasteiger partial charge < -0.3 is 21.5 Å². The number of benzene rings is 1. The van der Waals surface area contributed by atoms with Crippen LogP contribution < -0.4 is 21.5 Å². The van der Waals surface area contributed by atoms with Crippen molar-refractivity contribution in [1.29, 1.82) is 0 Å². The molecule has 6 heteroatoms. The van der Waals surface area contributed by atoms with Crippen LogP contribution in [0.4, 0.5) is 11.8 Å².